The van der Waals surface area contributed by atoms with Gasteiger partial charge < -0.3 is 11.1 Å². The second-order valence-corrected chi connectivity index (χ2v) is 4.72. The van der Waals surface area contributed by atoms with E-state index in [2.05, 4.69) is 34.6 Å². The fourth-order valence-electron chi connectivity index (χ4n) is 2.11. The Labute approximate surface area is 132 Å². The molecule has 0 saturated heterocycles. The highest BCUT2D eigenvalue weighted by Crippen LogP contribution is 2.16. The first-order valence-electron chi connectivity index (χ1n) is 6.57. The number of hydrogen-bond acceptors (Lipinski definition) is 1. The molecule has 1 aromatic rings. The molecule has 104 valence electrons. The number of aliphatic imine (C=N–C) groups is 1. The Hall–Kier alpha value is -1.04. The van der Waals surface area contributed by atoms with Crippen molar-refractivity contribution >= 4 is 29.9 Å². The molecule has 1 aromatic carbocycles. The van der Waals surface area contributed by atoms with Gasteiger partial charge in [0.1, 0.15) is 0 Å². The maximum Gasteiger partial charge on any atom is 0.188 e. The topological polar surface area (TPSA) is 50.4 Å². The molecule has 0 fully saturated rings. The summed E-state index contributed by atoms with van der Waals surface area (Å²) in [7, 11) is 0. The van der Waals surface area contributed by atoms with Crippen LogP contribution in [0.2, 0.25) is 0 Å². The quantitative estimate of drug-likeness (QED) is 0.370. The van der Waals surface area contributed by atoms with Gasteiger partial charge in [-0.25, -0.2) is 4.99 Å². The summed E-state index contributed by atoms with van der Waals surface area (Å²) in [6, 6.07) is 10.2. The summed E-state index contributed by atoms with van der Waals surface area (Å²) in [4.78, 5) is 4.34. The van der Waals surface area contributed by atoms with Crippen LogP contribution < -0.4 is 11.1 Å². The third-order valence-corrected chi connectivity index (χ3v) is 3.22. The average molecular weight is 371 g/mol. The largest absolute Gasteiger partial charge is 0.370 e. The molecule has 0 bridgehead atoms. The van der Waals surface area contributed by atoms with E-state index in [0.29, 0.717) is 18.4 Å². The Bertz CT molecular complexity index is 415. The highest BCUT2D eigenvalue weighted by atomic mass is 127. The van der Waals surface area contributed by atoms with Crippen LogP contribution in [0.5, 0.6) is 0 Å². The highest BCUT2D eigenvalue weighted by molar-refractivity contribution is 14.0. The molecular formula is C15H22IN3. The van der Waals surface area contributed by atoms with Gasteiger partial charge in [0.25, 0.3) is 0 Å². The van der Waals surface area contributed by atoms with Gasteiger partial charge in [-0.15, -0.1) is 24.0 Å². The lowest BCUT2D eigenvalue weighted by Crippen LogP contribution is -2.35. The maximum absolute atomic E-state index is 5.86. The van der Waals surface area contributed by atoms with Gasteiger partial charge in [0.05, 0.1) is 6.54 Å². The highest BCUT2D eigenvalue weighted by Gasteiger charge is 2.09. The Morgan fingerprint density at radius 2 is 2.05 bits per heavy atom. The van der Waals surface area contributed by atoms with Crippen LogP contribution in [0.25, 0.3) is 0 Å². The fraction of sp³-hybridized carbons (Fsp3) is 0.400. The zero-order chi connectivity index (χ0) is 12.6. The summed E-state index contributed by atoms with van der Waals surface area (Å²) in [6.45, 7) is 1.57. The van der Waals surface area contributed by atoms with Gasteiger partial charge in [-0.05, 0) is 30.7 Å². The molecule has 0 aromatic heterocycles. The normalized spacial score (nSPS) is 18.7. The minimum Gasteiger partial charge on any atom is -0.370 e. The molecule has 0 saturated carbocycles. The lowest BCUT2D eigenvalue weighted by molar-refractivity contribution is 0.471. The maximum atomic E-state index is 5.86. The minimum atomic E-state index is 0. The van der Waals surface area contributed by atoms with Crippen LogP contribution in [0.4, 0.5) is 0 Å². The molecule has 0 heterocycles. The van der Waals surface area contributed by atoms with E-state index in [-0.39, 0.29) is 24.0 Å². The SMILES string of the molecule is I.NC(=NCc1ccccc1)NCC1CC=CCC1. The standard InChI is InChI=1S/C15H21N3.HI/c16-15(17-11-13-7-3-1-4-8-13)18-12-14-9-5-2-6-10-14;/h1-5,7-8,14H,6,9-12H2,(H3,16,17,18);1H. The van der Waals surface area contributed by atoms with Crippen molar-refractivity contribution in [2.45, 2.75) is 25.8 Å². The van der Waals surface area contributed by atoms with E-state index in [9.17, 15) is 0 Å². The summed E-state index contributed by atoms with van der Waals surface area (Å²) in [5, 5.41) is 3.22. The van der Waals surface area contributed by atoms with E-state index >= 15 is 0 Å². The zero-order valence-electron chi connectivity index (χ0n) is 11.1. The molecule has 1 atom stereocenters. The molecule has 1 aliphatic rings. The minimum absolute atomic E-state index is 0. The number of halogens is 1. The Morgan fingerprint density at radius 1 is 1.26 bits per heavy atom. The summed E-state index contributed by atoms with van der Waals surface area (Å²) < 4.78 is 0. The molecule has 3 N–H and O–H groups in total. The second-order valence-electron chi connectivity index (χ2n) is 4.72. The van der Waals surface area contributed by atoms with E-state index in [1.54, 1.807) is 0 Å². The van der Waals surface area contributed by atoms with Crippen LogP contribution in [0.15, 0.2) is 47.5 Å². The molecule has 19 heavy (non-hydrogen) atoms. The fourth-order valence-corrected chi connectivity index (χ4v) is 2.11. The van der Waals surface area contributed by atoms with Gasteiger partial charge in [0.2, 0.25) is 0 Å². The van der Waals surface area contributed by atoms with E-state index < -0.39 is 0 Å². The van der Waals surface area contributed by atoms with Crippen molar-refractivity contribution in [1.29, 1.82) is 0 Å². The smallest absolute Gasteiger partial charge is 0.188 e. The third kappa shape index (κ3) is 6.09. The molecule has 1 unspecified atom stereocenters. The number of allylic oxidation sites excluding steroid dienone is 2. The molecule has 0 amide bonds. The summed E-state index contributed by atoms with van der Waals surface area (Å²) >= 11 is 0. The van der Waals surface area contributed by atoms with E-state index in [0.717, 1.165) is 13.0 Å². The lowest BCUT2D eigenvalue weighted by Gasteiger charge is -2.18. The number of nitrogens with two attached hydrogens (primary N) is 1. The van der Waals surface area contributed by atoms with Crippen molar-refractivity contribution < 1.29 is 0 Å². The lowest BCUT2D eigenvalue weighted by atomic mass is 9.94. The van der Waals surface area contributed by atoms with Crippen LogP contribution in [0.1, 0.15) is 24.8 Å². The van der Waals surface area contributed by atoms with Crippen molar-refractivity contribution in [1.82, 2.24) is 5.32 Å². The number of guanidine groups is 1. The predicted octanol–water partition coefficient (Wildman–Crippen LogP) is 3.07. The number of hydrogen-bond donors (Lipinski definition) is 2. The molecule has 3 nitrogen and oxygen atoms in total. The number of benzene rings is 1. The molecule has 2 rings (SSSR count). The average Bonchev–Trinajstić information content (AvgIpc) is 2.45. The van der Waals surface area contributed by atoms with Crippen LogP contribution in [-0.2, 0) is 6.54 Å². The Morgan fingerprint density at radius 3 is 2.74 bits per heavy atom. The molecule has 0 spiro atoms. The van der Waals surface area contributed by atoms with Crippen molar-refractivity contribution in [3.8, 4) is 0 Å². The molecule has 0 aliphatic heterocycles. The van der Waals surface area contributed by atoms with Gasteiger partial charge in [0.15, 0.2) is 5.96 Å². The zero-order valence-corrected chi connectivity index (χ0v) is 13.4. The van der Waals surface area contributed by atoms with Crippen LogP contribution >= 0.6 is 24.0 Å². The van der Waals surface area contributed by atoms with Crippen LogP contribution in [-0.4, -0.2) is 12.5 Å². The van der Waals surface area contributed by atoms with Crippen molar-refractivity contribution in [2.75, 3.05) is 6.54 Å². The van der Waals surface area contributed by atoms with Crippen LogP contribution in [0.3, 0.4) is 0 Å². The van der Waals surface area contributed by atoms with Gasteiger partial charge >= 0.3 is 0 Å². The monoisotopic (exact) mass is 371 g/mol. The predicted molar refractivity (Wildman–Crippen MR) is 91.7 cm³/mol. The first-order valence-corrected chi connectivity index (χ1v) is 6.57. The number of nitrogens with one attached hydrogen (secondary N) is 1. The molecular weight excluding hydrogens is 349 g/mol. The molecule has 4 heteroatoms. The second kappa shape index (κ2) is 8.96. The first-order chi connectivity index (χ1) is 8.84. The first kappa shape index (κ1) is 16.0. The van der Waals surface area contributed by atoms with Gasteiger partial charge in [-0.2, -0.15) is 0 Å². The Balaban J connectivity index is 0.00000180. The summed E-state index contributed by atoms with van der Waals surface area (Å²) in [5.74, 6) is 1.24. The Kier molecular flexibility index (Phi) is 7.55. The number of rotatable bonds is 4. The van der Waals surface area contributed by atoms with Crippen molar-refractivity contribution in [2.24, 2.45) is 16.6 Å². The molecule has 1 aliphatic carbocycles. The summed E-state index contributed by atoms with van der Waals surface area (Å²) in [6.07, 6.45) is 8.10. The van der Waals surface area contributed by atoms with E-state index in [1.165, 1.54) is 18.4 Å². The van der Waals surface area contributed by atoms with Crippen molar-refractivity contribution in [3.05, 3.63) is 48.0 Å². The van der Waals surface area contributed by atoms with Crippen molar-refractivity contribution in [3.63, 3.8) is 0 Å². The summed E-state index contributed by atoms with van der Waals surface area (Å²) in [5.41, 5.74) is 7.04. The number of nitrogens with zero attached hydrogens (tertiary/aromatic N) is 1. The van der Waals surface area contributed by atoms with E-state index in [4.69, 9.17) is 5.73 Å². The van der Waals surface area contributed by atoms with E-state index in [1.807, 2.05) is 18.2 Å². The van der Waals surface area contributed by atoms with Gasteiger partial charge in [-0.3, -0.25) is 0 Å². The van der Waals surface area contributed by atoms with Crippen LogP contribution in [0, 0.1) is 5.92 Å². The van der Waals surface area contributed by atoms with Gasteiger partial charge in [-0.1, -0.05) is 42.5 Å². The third-order valence-electron chi connectivity index (χ3n) is 3.22. The van der Waals surface area contributed by atoms with Gasteiger partial charge in [0, 0.05) is 6.54 Å². The molecule has 0 radical (unpaired) electrons.